The van der Waals surface area contributed by atoms with Gasteiger partial charge in [-0.3, -0.25) is 19.2 Å². The zero-order valence-corrected chi connectivity index (χ0v) is 23.7. The zero-order chi connectivity index (χ0) is 30.2. The highest BCUT2D eigenvalue weighted by molar-refractivity contribution is 6.34. The van der Waals surface area contributed by atoms with E-state index in [4.69, 9.17) is 16.7 Å². The summed E-state index contributed by atoms with van der Waals surface area (Å²) in [5.74, 6) is -6.99. The number of carbonyl (C=O) groups is 4. The van der Waals surface area contributed by atoms with Gasteiger partial charge in [-0.25, -0.2) is 8.78 Å². The molecule has 2 heterocycles. The van der Waals surface area contributed by atoms with Crippen LogP contribution in [-0.2, 0) is 27.9 Å². The lowest BCUT2D eigenvalue weighted by Gasteiger charge is -2.33. The number of rotatable bonds is 7. The number of amides is 3. The highest BCUT2D eigenvalue weighted by atomic mass is 35.5. The zero-order valence-electron chi connectivity index (χ0n) is 23.0. The van der Waals surface area contributed by atoms with Crippen molar-refractivity contribution < 1.29 is 33.1 Å². The molecule has 1 saturated heterocycles. The van der Waals surface area contributed by atoms with Crippen LogP contribution in [0.4, 0.5) is 14.5 Å². The molecule has 2 aromatic carbocycles. The Morgan fingerprint density at radius 3 is 2.55 bits per heavy atom. The van der Waals surface area contributed by atoms with Crippen molar-refractivity contribution in [3.63, 3.8) is 0 Å². The van der Waals surface area contributed by atoms with Crippen LogP contribution >= 0.6 is 11.6 Å². The lowest BCUT2D eigenvalue weighted by atomic mass is 9.86. The summed E-state index contributed by atoms with van der Waals surface area (Å²) in [6.45, 7) is -0.0109. The number of nitrogens with one attached hydrogen (secondary N) is 2. The van der Waals surface area contributed by atoms with Gasteiger partial charge in [-0.1, -0.05) is 29.8 Å². The fourth-order valence-corrected chi connectivity index (χ4v) is 6.15. The normalized spacial score (nSPS) is 22.2. The van der Waals surface area contributed by atoms with E-state index < -0.39 is 47.6 Å². The van der Waals surface area contributed by atoms with Gasteiger partial charge >= 0.3 is 5.97 Å². The number of aliphatic carboxylic acids is 1. The summed E-state index contributed by atoms with van der Waals surface area (Å²) in [6.07, 6.45) is 2.74. The first kappa shape index (κ1) is 29.5. The van der Waals surface area contributed by atoms with E-state index in [9.17, 15) is 19.2 Å². The van der Waals surface area contributed by atoms with Gasteiger partial charge < -0.3 is 25.2 Å². The Morgan fingerprint density at radius 1 is 1.12 bits per heavy atom. The van der Waals surface area contributed by atoms with Crippen molar-refractivity contribution in [2.24, 2.45) is 13.0 Å². The molecule has 222 valence electrons. The van der Waals surface area contributed by atoms with Gasteiger partial charge in [-0.05, 0) is 55.9 Å². The van der Waals surface area contributed by atoms with Gasteiger partial charge in [-0.15, -0.1) is 0 Å². The number of fused-ring (bicyclic) bond motifs is 1. The summed E-state index contributed by atoms with van der Waals surface area (Å²) in [4.78, 5) is 51.1. The summed E-state index contributed by atoms with van der Waals surface area (Å²) < 4.78 is 32.9. The maximum absolute atomic E-state index is 16.0. The van der Waals surface area contributed by atoms with Crippen LogP contribution in [-0.4, -0.2) is 56.6 Å². The fourth-order valence-electron chi connectivity index (χ4n) is 5.91. The number of alkyl halides is 1. The molecule has 2 fully saturated rings. The van der Waals surface area contributed by atoms with Crippen LogP contribution in [0, 0.1) is 11.7 Å². The smallest absolute Gasteiger partial charge is 0.306 e. The number of para-hydroxylation sites is 1. The SMILES string of the molecule is Cn1cc(C(=O)Nc2cc(F)c(CC(=O)N3CCC[C@]3(F)C(=O)NC3CCC(C(=O)O)CC3)cc2Cl)c2ccccc21. The summed E-state index contributed by atoms with van der Waals surface area (Å²) in [7, 11) is 1.81. The number of hydrogen-bond acceptors (Lipinski definition) is 4. The monoisotopic (exact) mass is 600 g/mol. The molecule has 1 aliphatic carbocycles. The minimum atomic E-state index is -2.59. The van der Waals surface area contributed by atoms with Crippen molar-refractivity contribution in [2.45, 2.75) is 56.8 Å². The van der Waals surface area contributed by atoms with Crippen molar-refractivity contribution >= 4 is 51.9 Å². The van der Waals surface area contributed by atoms with Crippen LogP contribution in [0.2, 0.25) is 5.02 Å². The second-order valence-corrected chi connectivity index (χ2v) is 11.4. The molecular formula is C30H31ClF2N4O5. The molecule has 3 N–H and O–H groups in total. The van der Waals surface area contributed by atoms with Gasteiger partial charge in [0.2, 0.25) is 5.91 Å². The van der Waals surface area contributed by atoms with Crippen LogP contribution in [0.3, 0.4) is 0 Å². The fraction of sp³-hybridized carbons (Fsp3) is 0.400. The molecule has 0 bridgehead atoms. The van der Waals surface area contributed by atoms with Crippen LogP contribution < -0.4 is 10.6 Å². The van der Waals surface area contributed by atoms with Crippen LogP contribution in [0.25, 0.3) is 10.9 Å². The predicted molar refractivity (Wildman–Crippen MR) is 152 cm³/mol. The number of aromatic nitrogens is 1. The third-order valence-corrected chi connectivity index (χ3v) is 8.56. The maximum Gasteiger partial charge on any atom is 0.306 e. The number of likely N-dealkylation sites (tertiary alicyclic amines) is 1. The van der Waals surface area contributed by atoms with E-state index in [-0.39, 0.29) is 41.7 Å². The van der Waals surface area contributed by atoms with Gasteiger partial charge in [0.15, 0.2) is 0 Å². The third kappa shape index (κ3) is 5.70. The molecule has 0 unspecified atom stereocenters. The Bertz CT molecular complexity index is 1570. The molecule has 1 atom stereocenters. The van der Waals surface area contributed by atoms with Gasteiger partial charge in [0.1, 0.15) is 5.82 Å². The van der Waals surface area contributed by atoms with E-state index in [1.54, 1.807) is 29.9 Å². The molecule has 2 aliphatic rings. The Balaban J connectivity index is 1.25. The van der Waals surface area contributed by atoms with Crippen molar-refractivity contribution in [1.82, 2.24) is 14.8 Å². The number of benzene rings is 2. The van der Waals surface area contributed by atoms with Crippen molar-refractivity contribution in [3.05, 3.63) is 64.6 Å². The second-order valence-electron chi connectivity index (χ2n) is 11.0. The molecule has 1 aromatic heterocycles. The van der Waals surface area contributed by atoms with Crippen LogP contribution in [0.15, 0.2) is 42.6 Å². The summed E-state index contributed by atoms with van der Waals surface area (Å²) in [6, 6.07) is 9.17. The number of anilines is 1. The Morgan fingerprint density at radius 2 is 1.83 bits per heavy atom. The molecule has 1 saturated carbocycles. The van der Waals surface area contributed by atoms with E-state index in [0.717, 1.165) is 16.5 Å². The minimum Gasteiger partial charge on any atom is -0.481 e. The van der Waals surface area contributed by atoms with Gasteiger partial charge in [0.05, 0.1) is 28.6 Å². The van der Waals surface area contributed by atoms with E-state index in [1.807, 2.05) is 12.1 Å². The van der Waals surface area contributed by atoms with Crippen molar-refractivity contribution in [3.8, 4) is 0 Å². The third-order valence-electron chi connectivity index (χ3n) is 8.25. The van der Waals surface area contributed by atoms with Gasteiger partial charge in [0, 0.05) is 43.2 Å². The molecule has 42 heavy (non-hydrogen) atoms. The quantitative estimate of drug-likeness (QED) is 0.336. The Hall–Kier alpha value is -3.99. The number of hydrogen-bond donors (Lipinski definition) is 3. The number of aryl methyl sites for hydroxylation is 1. The number of carboxylic acid groups (broad SMARTS) is 1. The second kappa shape index (κ2) is 11.7. The molecular weight excluding hydrogens is 570 g/mol. The predicted octanol–water partition coefficient (Wildman–Crippen LogP) is 4.81. The number of nitrogens with zero attached hydrogens (tertiary/aromatic N) is 2. The minimum absolute atomic E-state index is 0.00423. The molecule has 3 amide bonds. The average Bonchev–Trinajstić information content (AvgIpc) is 3.52. The number of carboxylic acids is 1. The van der Waals surface area contributed by atoms with Crippen molar-refractivity contribution in [2.75, 3.05) is 11.9 Å². The highest BCUT2D eigenvalue weighted by Gasteiger charge is 2.51. The summed E-state index contributed by atoms with van der Waals surface area (Å²) in [5.41, 5.74) is 1.14. The van der Waals surface area contributed by atoms with Crippen LogP contribution in [0.1, 0.15) is 54.4 Å². The van der Waals surface area contributed by atoms with E-state index in [1.165, 1.54) is 6.07 Å². The Labute approximate surface area is 245 Å². The standard InChI is InChI=1S/C30H31ClF2N4O5/c1-36-16-21(20-5-2-3-6-25(20)36)27(39)35-24-15-23(32)18(13-22(24)31)14-26(38)37-12-4-11-30(37,33)29(42)34-19-9-7-17(8-10-19)28(40)41/h2-3,5-6,13,15-17,19H,4,7-12,14H2,1H3,(H,34,42)(H,35,39)(H,40,41)/t17?,19?,30-/m1/s1. The molecule has 0 spiro atoms. The Kier molecular flexibility index (Phi) is 8.23. The molecule has 12 heteroatoms. The summed E-state index contributed by atoms with van der Waals surface area (Å²) >= 11 is 6.36. The van der Waals surface area contributed by atoms with Crippen LogP contribution in [0.5, 0.6) is 0 Å². The average molecular weight is 601 g/mol. The summed E-state index contributed by atoms with van der Waals surface area (Å²) in [5, 5.41) is 15.1. The van der Waals surface area contributed by atoms with Crippen molar-refractivity contribution in [1.29, 1.82) is 0 Å². The largest absolute Gasteiger partial charge is 0.481 e. The lowest BCUT2D eigenvalue weighted by Crippen LogP contribution is -2.57. The maximum atomic E-state index is 16.0. The van der Waals surface area contributed by atoms with E-state index in [0.29, 0.717) is 36.6 Å². The lowest BCUT2D eigenvalue weighted by molar-refractivity contribution is -0.156. The molecule has 5 rings (SSSR count). The van der Waals surface area contributed by atoms with Gasteiger partial charge in [-0.2, -0.15) is 0 Å². The van der Waals surface area contributed by atoms with Gasteiger partial charge in [0.25, 0.3) is 17.6 Å². The number of carbonyl (C=O) groups excluding carboxylic acids is 3. The van der Waals surface area contributed by atoms with E-state index >= 15 is 8.78 Å². The topological polar surface area (TPSA) is 121 Å². The molecule has 9 nitrogen and oxygen atoms in total. The first-order valence-electron chi connectivity index (χ1n) is 13.8. The first-order chi connectivity index (χ1) is 20.0. The highest BCUT2D eigenvalue weighted by Crippen LogP contribution is 2.34. The molecule has 1 aliphatic heterocycles. The molecule has 3 aromatic rings. The van der Waals surface area contributed by atoms with E-state index in [2.05, 4.69) is 10.6 Å². The molecule has 0 radical (unpaired) electrons. The number of halogens is 3. The first-order valence-corrected chi connectivity index (χ1v) is 14.2.